The molecule has 0 saturated carbocycles. The van der Waals surface area contributed by atoms with Gasteiger partial charge in [0.1, 0.15) is 18.2 Å². The van der Waals surface area contributed by atoms with Gasteiger partial charge in [0, 0.05) is 6.92 Å². The van der Waals surface area contributed by atoms with E-state index < -0.39 is 30.7 Å². The maximum absolute atomic E-state index is 15.6. The molecule has 0 bridgehead atoms. The van der Waals surface area contributed by atoms with Gasteiger partial charge in [-0.2, -0.15) is 0 Å². The summed E-state index contributed by atoms with van der Waals surface area (Å²) in [5.41, 5.74) is 1.87. The second kappa shape index (κ2) is 12.5. The minimum Gasteiger partial charge on any atom is -0.374 e. The van der Waals surface area contributed by atoms with Crippen molar-refractivity contribution in [2.75, 3.05) is 13.2 Å². The van der Waals surface area contributed by atoms with Crippen molar-refractivity contribution in [3.8, 4) is 0 Å². The van der Waals surface area contributed by atoms with Crippen LogP contribution < -0.4 is 5.32 Å². The van der Waals surface area contributed by atoms with Crippen LogP contribution in [-0.4, -0.2) is 49.8 Å². The molecule has 32 heavy (non-hydrogen) atoms. The third kappa shape index (κ3) is 6.97. The predicted octanol–water partition coefficient (Wildman–Crippen LogP) is 3.56. The Hall–Kier alpha value is -2.58. The summed E-state index contributed by atoms with van der Waals surface area (Å²) in [6.45, 7) is 5.72. The summed E-state index contributed by atoms with van der Waals surface area (Å²) in [7, 11) is 0. The van der Waals surface area contributed by atoms with Gasteiger partial charge in [-0.1, -0.05) is 66.7 Å². The van der Waals surface area contributed by atoms with Crippen molar-refractivity contribution in [1.29, 1.82) is 0 Å². The van der Waals surface area contributed by atoms with Crippen LogP contribution in [0.2, 0.25) is 0 Å². The maximum atomic E-state index is 15.6. The standard InChI is InChI=1S/C25H30FNO5/c1-3-14-30-25-23(27-18(2)28)24(31-16-20-12-8-5-9-13-20)22(26)21(32-25)17-29-15-19-10-6-4-7-11-19/h3-13,21-25H,1,14-17H2,2H3,(H,27,28)/t21-,22+,23-,24+,25+/m1/s1. The van der Waals surface area contributed by atoms with Crippen LogP contribution in [0.5, 0.6) is 0 Å². The Morgan fingerprint density at radius 1 is 1.06 bits per heavy atom. The first-order valence-electron chi connectivity index (χ1n) is 10.6. The molecule has 0 aliphatic carbocycles. The minimum absolute atomic E-state index is 0.0159. The molecule has 172 valence electrons. The van der Waals surface area contributed by atoms with Gasteiger partial charge >= 0.3 is 0 Å². The number of benzene rings is 2. The summed E-state index contributed by atoms with van der Waals surface area (Å²) in [6, 6.07) is 18.3. The van der Waals surface area contributed by atoms with Crippen molar-refractivity contribution in [1.82, 2.24) is 5.32 Å². The van der Waals surface area contributed by atoms with Crippen LogP contribution in [0.25, 0.3) is 0 Å². The molecular weight excluding hydrogens is 413 g/mol. The Bertz CT molecular complexity index is 835. The summed E-state index contributed by atoms with van der Waals surface area (Å²) in [4.78, 5) is 11.8. The number of carbonyl (C=O) groups excluding carboxylic acids is 1. The van der Waals surface area contributed by atoms with Crippen LogP contribution in [-0.2, 0) is 37.0 Å². The molecule has 1 aliphatic heterocycles. The number of hydrogen-bond acceptors (Lipinski definition) is 5. The topological polar surface area (TPSA) is 66.0 Å². The zero-order valence-electron chi connectivity index (χ0n) is 18.2. The molecular formula is C25H30FNO5. The van der Waals surface area contributed by atoms with Crippen molar-refractivity contribution < 1.29 is 28.1 Å². The Morgan fingerprint density at radius 3 is 2.28 bits per heavy atom. The summed E-state index contributed by atoms with van der Waals surface area (Å²) in [6.07, 6.45) is -2.77. The Morgan fingerprint density at radius 2 is 1.69 bits per heavy atom. The molecule has 0 radical (unpaired) electrons. The Labute approximate surface area is 188 Å². The first-order chi connectivity index (χ1) is 15.6. The quantitative estimate of drug-likeness (QED) is 0.538. The van der Waals surface area contributed by atoms with Gasteiger partial charge in [-0.25, -0.2) is 4.39 Å². The van der Waals surface area contributed by atoms with Crippen LogP contribution in [0.3, 0.4) is 0 Å². The number of alkyl halides is 1. The maximum Gasteiger partial charge on any atom is 0.217 e. The Kier molecular flexibility index (Phi) is 9.37. The van der Waals surface area contributed by atoms with Crippen molar-refractivity contribution in [3.05, 3.63) is 84.4 Å². The zero-order valence-corrected chi connectivity index (χ0v) is 18.2. The predicted molar refractivity (Wildman–Crippen MR) is 118 cm³/mol. The van der Waals surface area contributed by atoms with Gasteiger partial charge in [0.2, 0.25) is 5.91 Å². The molecule has 2 aromatic carbocycles. The normalized spacial score (nSPS) is 25.2. The fraction of sp³-hybridized carbons (Fsp3) is 0.400. The van der Waals surface area contributed by atoms with E-state index in [4.69, 9.17) is 18.9 Å². The van der Waals surface area contributed by atoms with Crippen molar-refractivity contribution >= 4 is 5.91 Å². The number of halogens is 1. The molecule has 5 atom stereocenters. The lowest BCUT2D eigenvalue weighted by molar-refractivity contribution is -0.266. The summed E-state index contributed by atoms with van der Waals surface area (Å²) in [5, 5.41) is 2.73. The first-order valence-corrected chi connectivity index (χ1v) is 10.6. The average Bonchev–Trinajstić information content (AvgIpc) is 2.80. The van der Waals surface area contributed by atoms with Gasteiger partial charge in [-0.3, -0.25) is 4.79 Å². The lowest BCUT2D eigenvalue weighted by Gasteiger charge is -2.43. The van der Waals surface area contributed by atoms with Gasteiger partial charge in [-0.05, 0) is 11.1 Å². The van der Waals surface area contributed by atoms with Crippen LogP contribution >= 0.6 is 0 Å². The lowest BCUT2D eigenvalue weighted by atomic mass is 9.97. The average molecular weight is 444 g/mol. The molecule has 1 N–H and O–H groups in total. The lowest BCUT2D eigenvalue weighted by Crippen LogP contribution is -2.64. The monoisotopic (exact) mass is 443 g/mol. The number of ether oxygens (including phenoxy) is 4. The summed E-state index contributed by atoms with van der Waals surface area (Å²) >= 11 is 0. The fourth-order valence-corrected chi connectivity index (χ4v) is 3.55. The van der Waals surface area contributed by atoms with E-state index in [-0.39, 0.29) is 25.7 Å². The molecule has 2 aromatic rings. The fourth-order valence-electron chi connectivity index (χ4n) is 3.55. The molecule has 1 fully saturated rings. The van der Waals surface area contributed by atoms with Gasteiger partial charge in [-0.15, -0.1) is 6.58 Å². The molecule has 6 nitrogen and oxygen atoms in total. The van der Waals surface area contributed by atoms with Gasteiger partial charge in [0.05, 0.1) is 26.4 Å². The van der Waals surface area contributed by atoms with E-state index in [0.29, 0.717) is 6.61 Å². The molecule has 1 saturated heterocycles. The molecule has 7 heteroatoms. The number of carbonyl (C=O) groups is 1. The van der Waals surface area contributed by atoms with Crippen molar-refractivity contribution in [3.63, 3.8) is 0 Å². The van der Waals surface area contributed by atoms with Crippen molar-refractivity contribution in [2.45, 2.75) is 50.8 Å². The van der Waals surface area contributed by atoms with E-state index in [1.165, 1.54) is 6.92 Å². The molecule has 1 aliphatic rings. The largest absolute Gasteiger partial charge is 0.374 e. The van der Waals surface area contributed by atoms with E-state index in [1.54, 1.807) is 6.08 Å². The number of nitrogens with one attached hydrogen (secondary N) is 1. The SMILES string of the molecule is C=CCO[C@H]1O[C@H](COCc2ccccc2)[C@H](F)[C@H](OCc2ccccc2)[C@H]1NC(C)=O. The van der Waals surface area contributed by atoms with Crippen LogP contribution in [0.4, 0.5) is 4.39 Å². The van der Waals surface area contributed by atoms with Crippen LogP contribution in [0, 0.1) is 0 Å². The molecule has 3 rings (SSSR count). The second-order valence-electron chi connectivity index (χ2n) is 7.60. The summed E-state index contributed by atoms with van der Waals surface area (Å²) < 4.78 is 38.9. The molecule has 0 aromatic heterocycles. The van der Waals surface area contributed by atoms with Crippen LogP contribution in [0.1, 0.15) is 18.1 Å². The summed E-state index contributed by atoms with van der Waals surface area (Å²) in [5.74, 6) is -0.329. The van der Waals surface area contributed by atoms with Crippen LogP contribution in [0.15, 0.2) is 73.3 Å². The number of hydrogen-bond donors (Lipinski definition) is 1. The van der Waals surface area contributed by atoms with E-state index in [9.17, 15) is 4.79 Å². The van der Waals surface area contributed by atoms with E-state index >= 15 is 4.39 Å². The highest BCUT2D eigenvalue weighted by Crippen LogP contribution is 2.28. The number of rotatable bonds is 11. The van der Waals surface area contributed by atoms with Gasteiger partial charge in [0.15, 0.2) is 12.5 Å². The van der Waals surface area contributed by atoms with E-state index in [1.807, 2.05) is 60.7 Å². The Balaban J connectivity index is 1.72. The highest BCUT2D eigenvalue weighted by atomic mass is 19.1. The second-order valence-corrected chi connectivity index (χ2v) is 7.60. The molecule has 0 spiro atoms. The molecule has 0 unspecified atom stereocenters. The minimum atomic E-state index is -1.53. The van der Waals surface area contributed by atoms with E-state index in [0.717, 1.165) is 11.1 Å². The molecule has 1 amide bonds. The highest BCUT2D eigenvalue weighted by Gasteiger charge is 2.48. The van der Waals surface area contributed by atoms with E-state index in [2.05, 4.69) is 11.9 Å². The third-order valence-corrected chi connectivity index (χ3v) is 5.05. The zero-order chi connectivity index (χ0) is 22.8. The highest BCUT2D eigenvalue weighted by molar-refractivity contribution is 5.73. The van der Waals surface area contributed by atoms with Gasteiger partial charge < -0.3 is 24.3 Å². The number of amides is 1. The van der Waals surface area contributed by atoms with Gasteiger partial charge in [0.25, 0.3) is 0 Å². The smallest absolute Gasteiger partial charge is 0.217 e. The molecule has 1 heterocycles. The van der Waals surface area contributed by atoms with Crippen molar-refractivity contribution in [2.24, 2.45) is 0 Å². The third-order valence-electron chi connectivity index (χ3n) is 5.05. The first kappa shape index (κ1) is 24.1.